The quantitative estimate of drug-likeness (QED) is 0.0237. The van der Waals surface area contributed by atoms with Crippen LogP contribution < -0.4 is 29.6 Å². The first-order valence-corrected chi connectivity index (χ1v) is 43.2. The molecule has 122 heavy (non-hydrogen) atoms. The van der Waals surface area contributed by atoms with Crippen LogP contribution in [0.3, 0.4) is 0 Å². The van der Waals surface area contributed by atoms with Crippen LogP contribution in [-0.4, -0.2) is 208 Å². The molecule has 22 nitrogen and oxygen atoms in total. The molecule has 0 bridgehead atoms. The standard InChI is InChI=1S/C52H69NO10.C48H61NO10/c1-39(54)53-26-7-8-29-61-44-17-11-40(12-18-44)42-15-21-46-47-22-16-43(41-13-19-45(20-14-41)62-36-35-60-30-23-50(55)63-51(2,3)4)38-49(47)52(48(46)37-42,24-9-27-58-33-31-56-5)25-10-28-59-34-32-57-6;1-36(50)49-23-4-5-26-58-41-14-8-37(9-15-41)39-12-18-43-44-19-13-40(38-10-16-42(17-11-38)59-33-32-57-27-20-47(51)52)35-46(44)48(45(43)34-39,21-6-24-55-30-28-53-2)22-7-25-56-31-29-54-3/h11-22,37-38H,7-10,23-36H2,1-6H3,(H,53,54);8-19,34-35H,4-7,20-33H2,1-3H3,(H,49,50)(H,51,52). The van der Waals surface area contributed by atoms with E-state index in [2.05, 4.69) is 132 Å². The molecule has 660 valence electrons. The number of amides is 2. The number of methoxy groups -OCH3 is 4. The van der Waals surface area contributed by atoms with E-state index in [1.165, 1.54) is 58.4 Å². The van der Waals surface area contributed by atoms with E-state index in [0.29, 0.717) is 132 Å². The summed E-state index contributed by atoms with van der Waals surface area (Å²) in [5.41, 5.74) is 18.3. The zero-order chi connectivity index (χ0) is 86.6. The van der Waals surface area contributed by atoms with Crippen molar-refractivity contribution in [3.05, 3.63) is 192 Å². The first-order chi connectivity index (χ1) is 59.4. The highest BCUT2D eigenvalue weighted by Crippen LogP contribution is 2.57. The van der Waals surface area contributed by atoms with E-state index in [-0.39, 0.29) is 54.7 Å². The molecule has 22 heteroatoms. The van der Waals surface area contributed by atoms with E-state index in [9.17, 15) is 19.2 Å². The largest absolute Gasteiger partial charge is 0.494 e. The summed E-state index contributed by atoms with van der Waals surface area (Å²) in [5.74, 6) is 1.97. The maximum atomic E-state index is 12.0. The lowest BCUT2D eigenvalue weighted by atomic mass is 9.70. The van der Waals surface area contributed by atoms with Gasteiger partial charge in [-0.05, 0) is 260 Å². The number of fused-ring (bicyclic) bond motifs is 6. The van der Waals surface area contributed by atoms with Crippen molar-refractivity contribution in [2.45, 2.75) is 141 Å². The number of esters is 1. The van der Waals surface area contributed by atoms with Gasteiger partial charge in [-0.1, -0.05) is 97.1 Å². The second kappa shape index (κ2) is 52.2. The van der Waals surface area contributed by atoms with Gasteiger partial charge in [-0.3, -0.25) is 19.2 Å². The van der Waals surface area contributed by atoms with Crippen molar-refractivity contribution in [2.24, 2.45) is 0 Å². The lowest BCUT2D eigenvalue weighted by molar-refractivity contribution is -0.156. The average molecular weight is 1680 g/mol. The molecular formula is C100H130N2O20. The normalized spacial score (nSPS) is 12.6. The molecule has 0 aromatic heterocycles. The highest BCUT2D eigenvalue weighted by atomic mass is 16.6. The molecule has 0 atom stereocenters. The van der Waals surface area contributed by atoms with Crippen molar-refractivity contribution in [1.29, 1.82) is 0 Å². The van der Waals surface area contributed by atoms with Gasteiger partial charge in [0.25, 0.3) is 0 Å². The number of carboxylic acid groups (broad SMARTS) is 1. The summed E-state index contributed by atoms with van der Waals surface area (Å²) >= 11 is 0. The van der Waals surface area contributed by atoms with Crippen LogP contribution >= 0.6 is 0 Å². The molecule has 8 aromatic rings. The number of rotatable bonds is 58. The number of carbonyl (C=O) groups is 4. The van der Waals surface area contributed by atoms with Gasteiger partial charge in [-0.2, -0.15) is 0 Å². The Balaban J connectivity index is 0.000000278. The van der Waals surface area contributed by atoms with E-state index < -0.39 is 11.6 Å². The summed E-state index contributed by atoms with van der Waals surface area (Å²) in [6.07, 6.45) is 10.8. The Morgan fingerprint density at radius 2 is 0.566 bits per heavy atom. The molecule has 0 unspecified atom stereocenters. The molecule has 0 heterocycles. The first kappa shape index (κ1) is 96.3. The fourth-order valence-corrected chi connectivity index (χ4v) is 15.6. The van der Waals surface area contributed by atoms with Gasteiger partial charge in [-0.25, -0.2) is 0 Å². The van der Waals surface area contributed by atoms with E-state index >= 15 is 0 Å². The summed E-state index contributed by atoms with van der Waals surface area (Å²) in [5, 5.41) is 14.5. The SMILES string of the molecule is COCCOCCCC1(CCCOCCOC)c2cc(-c3ccc(OCCCCNC(C)=O)cc3)ccc2-c2ccc(-c3ccc(OCCOCCC(=O)O)cc3)cc21.COCCOCCCC1(CCCOCCOC)c2cc(-c3ccc(OCCCCNC(C)=O)cc3)ccc2-c2ccc(-c3ccc(OCCOCCC(=O)OC(C)(C)C)cc3)cc21. The van der Waals surface area contributed by atoms with Crippen molar-refractivity contribution >= 4 is 23.8 Å². The number of hydrogen-bond acceptors (Lipinski definition) is 19. The fourth-order valence-electron chi connectivity index (χ4n) is 15.6. The predicted octanol–water partition coefficient (Wildman–Crippen LogP) is 17.9. The summed E-state index contributed by atoms with van der Waals surface area (Å²) in [6.45, 7) is 20.1. The Bertz CT molecular complexity index is 4280. The Morgan fingerprint density at radius 1 is 0.303 bits per heavy atom. The third-order valence-electron chi connectivity index (χ3n) is 21.5. The number of hydrogen-bond donors (Lipinski definition) is 3. The number of carboxylic acids is 1. The first-order valence-electron chi connectivity index (χ1n) is 43.2. The van der Waals surface area contributed by atoms with Crippen molar-refractivity contribution in [1.82, 2.24) is 10.6 Å². The van der Waals surface area contributed by atoms with Gasteiger partial charge in [0.2, 0.25) is 11.8 Å². The molecule has 2 aliphatic carbocycles. The van der Waals surface area contributed by atoms with Gasteiger partial charge in [0.1, 0.15) is 41.8 Å². The lowest BCUT2D eigenvalue weighted by Gasteiger charge is -2.33. The minimum absolute atomic E-state index is 0.00833. The van der Waals surface area contributed by atoms with E-state index in [1.54, 1.807) is 28.4 Å². The summed E-state index contributed by atoms with van der Waals surface area (Å²) in [4.78, 5) is 45.0. The van der Waals surface area contributed by atoms with Crippen molar-refractivity contribution in [3.8, 4) is 89.8 Å². The molecule has 0 fully saturated rings. The molecule has 2 amide bonds. The molecule has 0 radical (unpaired) electrons. The van der Waals surface area contributed by atoms with Crippen LogP contribution in [0.15, 0.2) is 170 Å². The topological polar surface area (TPSA) is 251 Å². The van der Waals surface area contributed by atoms with Gasteiger partial charge in [0.05, 0.1) is 105 Å². The molecule has 10 rings (SSSR count). The third-order valence-corrected chi connectivity index (χ3v) is 21.5. The molecule has 0 aliphatic heterocycles. The molecule has 0 saturated heterocycles. The van der Waals surface area contributed by atoms with E-state index in [4.69, 9.17) is 76.2 Å². The highest BCUT2D eigenvalue weighted by Gasteiger charge is 2.45. The molecule has 3 N–H and O–H groups in total. The number of carbonyl (C=O) groups excluding carboxylic acids is 3. The monoisotopic (exact) mass is 1680 g/mol. The smallest absolute Gasteiger partial charge is 0.308 e. The van der Waals surface area contributed by atoms with Crippen LogP contribution in [0.5, 0.6) is 23.0 Å². The Kier molecular flexibility index (Phi) is 41.2. The van der Waals surface area contributed by atoms with Gasteiger partial charge in [0.15, 0.2) is 0 Å². The van der Waals surface area contributed by atoms with Crippen LogP contribution in [0.1, 0.15) is 147 Å². The summed E-state index contributed by atoms with van der Waals surface area (Å²) in [7, 11) is 6.78. The predicted molar refractivity (Wildman–Crippen MR) is 477 cm³/mol. The van der Waals surface area contributed by atoms with Gasteiger partial charge >= 0.3 is 11.9 Å². The Labute approximate surface area is 722 Å². The third kappa shape index (κ3) is 30.7. The van der Waals surface area contributed by atoms with Gasteiger partial charge < -0.3 is 86.8 Å². The molecule has 8 aromatic carbocycles. The summed E-state index contributed by atoms with van der Waals surface area (Å²) in [6, 6.07) is 60.6. The highest BCUT2D eigenvalue weighted by molar-refractivity contribution is 5.88. The van der Waals surface area contributed by atoms with Gasteiger partial charge in [0, 0.05) is 92.6 Å². The number of ether oxygens (including phenoxy) is 15. The van der Waals surface area contributed by atoms with Crippen LogP contribution in [-0.2, 0) is 82.1 Å². The van der Waals surface area contributed by atoms with E-state index in [0.717, 1.165) is 145 Å². The maximum Gasteiger partial charge on any atom is 0.308 e. The number of nitrogens with one attached hydrogen (secondary N) is 2. The Hall–Kier alpha value is -9.56. The van der Waals surface area contributed by atoms with Crippen LogP contribution in [0, 0.1) is 0 Å². The minimum atomic E-state index is -0.879. The zero-order valence-electron chi connectivity index (χ0n) is 73.3. The molecule has 2 aliphatic rings. The van der Waals surface area contributed by atoms with Crippen molar-refractivity contribution in [3.63, 3.8) is 0 Å². The fraction of sp³-hybridized carbons (Fsp3) is 0.480. The zero-order valence-corrected chi connectivity index (χ0v) is 73.3. The van der Waals surface area contributed by atoms with Crippen LogP contribution in [0.2, 0.25) is 0 Å². The van der Waals surface area contributed by atoms with Gasteiger partial charge in [-0.15, -0.1) is 0 Å². The number of benzene rings is 8. The second-order valence-corrected chi connectivity index (χ2v) is 31.6. The maximum absolute atomic E-state index is 12.0. The molecule has 0 saturated carbocycles. The molecule has 0 spiro atoms. The van der Waals surface area contributed by atoms with Crippen LogP contribution in [0.4, 0.5) is 0 Å². The average Bonchev–Trinajstić information content (AvgIpc) is 1.57. The second-order valence-electron chi connectivity index (χ2n) is 31.6. The Morgan fingerprint density at radius 3 is 0.836 bits per heavy atom. The lowest BCUT2D eigenvalue weighted by Crippen LogP contribution is -2.27. The van der Waals surface area contributed by atoms with Crippen LogP contribution in [0.25, 0.3) is 66.8 Å². The van der Waals surface area contributed by atoms with E-state index in [1.807, 2.05) is 69.3 Å². The summed E-state index contributed by atoms with van der Waals surface area (Å²) < 4.78 is 85.3. The molecular weight excluding hydrogens is 1550 g/mol. The number of unbranched alkanes of at least 4 members (excludes halogenated alkanes) is 2. The number of aliphatic carboxylic acids is 1. The van der Waals surface area contributed by atoms with Crippen molar-refractivity contribution < 1.29 is 95.3 Å². The van der Waals surface area contributed by atoms with Crippen molar-refractivity contribution in [2.75, 3.05) is 174 Å². The minimum Gasteiger partial charge on any atom is -0.494 e.